The molecule has 2 N–H and O–H groups in total. The number of nitrogens with one attached hydrogen (secondary N) is 2. The van der Waals surface area contributed by atoms with Gasteiger partial charge in [-0.25, -0.2) is 9.78 Å². The number of amides is 2. The van der Waals surface area contributed by atoms with E-state index in [9.17, 15) is 4.79 Å². The average Bonchev–Trinajstić information content (AvgIpc) is 2.90. The first-order chi connectivity index (χ1) is 10.7. The first-order valence-electron chi connectivity index (χ1n) is 7.63. The van der Waals surface area contributed by atoms with Crippen LogP contribution in [0.25, 0.3) is 0 Å². The van der Waals surface area contributed by atoms with E-state index in [0.29, 0.717) is 6.54 Å². The van der Waals surface area contributed by atoms with Crippen molar-refractivity contribution in [1.82, 2.24) is 20.6 Å². The molecule has 0 spiro atoms. The molecule has 0 aliphatic heterocycles. The van der Waals surface area contributed by atoms with Gasteiger partial charge >= 0.3 is 6.03 Å². The lowest BCUT2D eigenvalue weighted by atomic mass is 9.98. The molecule has 3 rings (SSSR count). The third kappa shape index (κ3) is 3.62. The molecular weight excluding hydrogens is 296 g/mol. The summed E-state index contributed by atoms with van der Waals surface area (Å²) in [7, 11) is 0. The lowest BCUT2D eigenvalue weighted by molar-refractivity contribution is 0.236. The second-order valence-electron chi connectivity index (χ2n) is 5.46. The van der Waals surface area contributed by atoms with Gasteiger partial charge in [0.2, 0.25) is 0 Å². The number of rotatable bonds is 4. The molecular formula is C16H20N4OS. The van der Waals surface area contributed by atoms with Gasteiger partial charge in [0, 0.05) is 24.9 Å². The summed E-state index contributed by atoms with van der Waals surface area (Å²) in [6.07, 6.45) is 5.60. The Morgan fingerprint density at radius 3 is 3.18 bits per heavy atom. The van der Waals surface area contributed by atoms with E-state index in [4.69, 9.17) is 0 Å². The first kappa shape index (κ1) is 15.0. The van der Waals surface area contributed by atoms with Gasteiger partial charge in [0.25, 0.3) is 0 Å². The van der Waals surface area contributed by atoms with Crippen LogP contribution in [0.4, 0.5) is 4.79 Å². The second kappa shape index (κ2) is 6.87. The van der Waals surface area contributed by atoms with Gasteiger partial charge in [0.05, 0.1) is 21.6 Å². The lowest BCUT2D eigenvalue weighted by Crippen LogP contribution is -2.39. The number of thiazole rings is 1. The molecule has 1 aliphatic rings. The Bertz CT molecular complexity index is 641. The van der Waals surface area contributed by atoms with E-state index in [1.54, 1.807) is 17.5 Å². The molecule has 2 aromatic rings. The Labute approximate surface area is 134 Å². The van der Waals surface area contributed by atoms with E-state index in [1.807, 2.05) is 25.1 Å². The van der Waals surface area contributed by atoms with Crippen molar-refractivity contribution in [3.63, 3.8) is 0 Å². The maximum absolute atomic E-state index is 12.1. The van der Waals surface area contributed by atoms with Crippen LogP contribution in [0.15, 0.2) is 24.4 Å². The topological polar surface area (TPSA) is 66.9 Å². The van der Waals surface area contributed by atoms with E-state index < -0.39 is 0 Å². The summed E-state index contributed by atoms with van der Waals surface area (Å²) in [5, 5.41) is 7.06. The molecule has 5 nitrogen and oxygen atoms in total. The molecule has 22 heavy (non-hydrogen) atoms. The third-order valence-corrected chi connectivity index (χ3v) is 4.88. The fourth-order valence-electron chi connectivity index (χ4n) is 2.74. The van der Waals surface area contributed by atoms with Crippen LogP contribution in [-0.4, -0.2) is 22.5 Å². The van der Waals surface area contributed by atoms with Crippen molar-refractivity contribution in [2.45, 2.75) is 38.6 Å². The molecule has 0 bridgehead atoms. The molecule has 0 saturated heterocycles. The van der Waals surface area contributed by atoms with Crippen LogP contribution < -0.4 is 10.6 Å². The molecule has 0 saturated carbocycles. The summed E-state index contributed by atoms with van der Waals surface area (Å²) in [5.41, 5.74) is 2.15. The average molecular weight is 316 g/mol. The van der Waals surface area contributed by atoms with Crippen molar-refractivity contribution in [3.05, 3.63) is 45.7 Å². The summed E-state index contributed by atoms with van der Waals surface area (Å²) in [5.74, 6) is 0. The minimum atomic E-state index is -0.111. The van der Waals surface area contributed by atoms with E-state index in [-0.39, 0.29) is 12.1 Å². The maximum Gasteiger partial charge on any atom is 0.315 e. The fraction of sp³-hybridized carbons (Fsp3) is 0.438. The zero-order chi connectivity index (χ0) is 15.4. The van der Waals surface area contributed by atoms with Crippen molar-refractivity contribution in [3.8, 4) is 0 Å². The van der Waals surface area contributed by atoms with Gasteiger partial charge in [-0.05, 0) is 38.3 Å². The molecule has 116 valence electrons. The molecule has 2 heterocycles. The second-order valence-corrected chi connectivity index (χ2v) is 6.69. The SMILES string of the molecule is Cc1nc2c(s1)C(NC(=O)NCCc1ccccn1)CCC2. The van der Waals surface area contributed by atoms with Crippen molar-refractivity contribution in [2.24, 2.45) is 0 Å². The first-order valence-corrected chi connectivity index (χ1v) is 8.44. The number of aryl methyl sites for hydroxylation is 2. The number of nitrogens with zero attached hydrogens (tertiary/aromatic N) is 2. The van der Waals surface area contributed by atoms with Crippen LogP contribution in [0.2, 0.25) is 0 Å². The Hall–Kier alpha value is -1.95. The fourth-order valence-corrected chi connectivity index (χ4v) is 3.80. The number of hydrogen-bond donors (Lipinski definition) is 2. The molecule has 6 heteroatoms. The summed E-state index contributed by atoms with van der Waals surface area (Å²) >= 11 is 1.70. The largest absolute Gasteiger partial charge is 0.338 e. The highest BCUT2D eigenvalue weighted by Crippen LogP contribution is 2.33. The van der Waals surface area contributed by atoms with Crippen LogP contribution in [0.5, 0.6) is 0 Å². The standard InChI is InChI=1S/C16H20N4OS/c1-11-19-13-6-4-7-14(15(13)22-11)20-16(21)18-10-8-12-5-2-3-9-17-12/h2-3,5,9,14H,4,6-8,10H2,1H3,(H2,18,20,21). The molecule has 2 amide bonds. The highest BCUT2D eigenvalue weighted by Gasteiger charge is 2.25. The van der Waals surface area contributed by atoms with E-state index in [2.05, 4.69) is 20.6 Å². The minimum Gasteiger partial charge on any atom is -0.338 e. The van der Waals surface area contributed by atoms with Gasteiger partial charge < -0.3 is 10.6 Å². The number of urea groups is 1. The molecule has 1 atom stereocenters. The highest BCUT2D eigenvalue weighted by molar-refractivity contribution is 7.11. The zero-order valence-corrected chi connectivity index (χ0v) is 13.4. The van der Waals surface area contributed by atoms with Crippen molar-refractivity contribution < 1.29 is 4.79 Å². The predicted octanol–water partition coefficient (Wildman–Crippen LogP) is 2.77. The quantitative estimate of drug-likeness (QED) is 0.911. The number of carbonyl (C=O) groups excluding carboxylic acids is 1. The third-order valence-electron chi connectivity index (χ3n) is 3.76. The summed E-state index contributed by atoms with van der Waals surface area (Å²) < 4.78 is 0. The van der Waals surface area contributed by atoms with Crippen molar-refractivity contribution in [1.29, 1.82) is 0 Å². The Morgan fingerprint density at radius 2 is 2.36 bits per heavy atom. The van der Waals surface area contributed by atoms with Crippen molar-refractivity contribution in [2.75, 3.05) is 6.54 Å². The Kier molecular flexibility index (Phi) is 4.68. The smallest absolute Gasteiger partial charge is 0.315 e. The van der Waals surface area contributed by atoms with Gasteiger partial charge in [0.1, 0.15) is 0 Å². The monoisotopic (exact) mass is 316 g/mol. The normalized spacial score (nSPS) is 16.9. The minimum absolute atomic E-state index is 0.102. The summed E-state index contributed by atoms with van der Waals surface area (Å²) in [4.78, 5) is 22.1. The van der Waals surface area contributed by atoms with Gasteiger partial charge in [0.15, 0.2) is 0 Å². The van der Waals surface area contributed by atoms with Crippen LogP contribution in [-0.2, 0) is 12.8 Å². The Balaban J connectivity index is 1.50. The maximum atomic E-state index is 12.1. The van der Waals surface area contributed by atoms with E-state index in [1.165, 1.54) is 4.88 Å². The van der Waals surface area contributed by atoms with Crippen LogP contribution in [0, 0.1) is 6.92 Å². The number of fused-ring (bicyclic) bond motifs is 1. The molecule has 1 aliphatic carbocycles. The molecule has 0 radical (unpaired) electrons. The van der Waals surface area contributed by atoms with Gasteiger partial charge in [-0.2, -0.15) is 0 Å². The van der Waals surface area contributed by atoms with Crippen LogP contribution >= 0.6 is 11.3 Å². The number of pyridine rings is 1. The van der Waals surface area contributed by atoms with E-state index >= 15 is 0 Å². The van der Waals surface area contributed by atoms with Crippen molar-refractivity contribution >= 4 is 17.4 Å². The summed E-state index contributed by atoms with van der Waals surface area (Å²) in [6.45, 7) is 2.61. The predicted molar refractivity (Wildman–Crippen MR) is 87.0 cm³/mol. The number of hydrogen-bond acceptors (Lipinski definition) is 4. The molecule has 0 aromatic carbocycles. The number of aromatic nitrogens is 2. The van der Waals surface area contributed by atoms with Crippen LogP contribution in [0.3, 0.4) is 0 Å². The zero-order valence-electron chi connectivity index (χ0n) is 12.6. The number of carbonyl (C=O) groups is 1. The lowest BCUT2D eigenvalue weighted by Gasteiger charge is -2.22. The Morgan fingerprint density at radius 1 is 1.45 bits per heavy atom. The highest BCUT2D eigenvalue weighted by atomic mass is 32.1. The molecule has 1 unspecified atom stereocenters. The van der Waals surface area contributed by atoms with Crippen LogP contribution in [0.1, 0.15) is 40.2 Å². The summed E-state index contributed by atoms with van der Waals surface area (Å²) in [6, 6.07) is 5.80. The van der Waals surface area contributed by atoms with Gasteiger partial charge in [-0.3, -0.25) is 4.98 Å². The van der Waals surface area contributed by atoms with Gasteiger partial charge in [-0.1, -0.05) is 6.07 Å². The van der Waals surface area contributed by atoms with Gasteiger partial charge in [-0.15, -0.1) is 11.3 Å². The molecule has 0 fully saturated rings. The van der Waals surface area contributed by atoms with E-state index in [0.717, 1.165) is 42.1 Å². The molecule has 2 aromatic heterocycles.